The predicted molar refractivity (Wildman–Crippen MR) is 149 cm³/mol. The summed E-state index contributed by atoms with van der Waals surface area (Å²) >= 11 is 0. The normalized spacial score (nSPS) is 12.7. The van der Waals surface area contributed by atoms with Crippen molar-refractivity contribution in [2.75, 3.05) is 0 Å². The van der Waals surface area contributed by atoms with E-state index in [2.05, 4.69) is 5.32 Å². The van der Waals surface area contributed by atoms with E-state index >= 15 is 0 Å². The number of ether oxygens (including phenoxy) is 1. The number of carbonyl (C=O) groups excluding carboxylic acids is 1. The van der Waals surface area contributed by atoms with Crippen LogP contribution in [-0.2, 0) is 30.2 Å². The first-order chi connectivity index (χ1) is 19.9. The van der Waals surface area contributed by atoms with Gasteiger partial charge in [-0.25, -0.2) is 0 Å². The largest absolute Gasteiger partial charge is 0.489 e. The van der Waals surface area contributed by atoms with Crippen LogP contribution < -0.4 is 10.1 Å². The van der Waals surface area contributed by atoms with Gasteiger partial charge in [0.2, 0.25) is 0 Å². The molecule has 1 atom stereocenters. The summed E-state index contributed by atoms with van der Waals surface area (Å²) in [6.07, 6.45) is -9.49. The first-order valence-corrected chi connectivity index (χ1v) is 13.6. The molecule has 0 aliphatic heterocycles. The van der Waals surface area contributed by atoms with Gasteiger partial charge in [-0.05, 0) is 74.1 Å². The summed E-state index contributed by atoms with van der Waals surface area (Å²) in [6.45, 7) is 7.01. The Morgan fingerprint density at radius 2 is 1.51 bits per heavy atom. The molecule has 0 aliphatic rings. The van der Waals surface area contributed by atoms with Gasteiger partial charge < -0.3 is 15.2 Å². The van der Waals surface area contributed by atoms with Crippen molar-refractivity contribution in [2.45, 2.75) is 72.0 Å². The van der Waals surface area contributed by atoms with Crippen LogP contribution in [-0.4, -0.2) is 17.0 Å². The molecule has 11 heteroatoms. The quantitative estimate of drug-likeness (QED) is 0.214. The number of benzene rings is 3. The SMILES string of the molecule is Cc1cc(C)cc(C(CC(C)C)NC(=O)c2cc(OCc3cc(C(F)(F)F)ccc3C(F)(F)F)ccc2CCC(=O)O)c1. The van der Waals surface area contributed by atoms with E-state index in [0.29, 0.717) is 30.2 Å². The second-order valence-corrected chi connectivity index (χ2v) is 10.9. The van der Waals surface area contributed by atoms with E-state index in [1.54, 1.807) is 0 Å². The van der Waals surface area contributed by atoms with Gasteiger partial charge in [0.05, 0.1) is 17.2 Å². The number of nitrogens with one attached hydrogen (secondary N) is 1. The standard InChI is InChI=1S/C32H33F6NO4/c1-18(2)11-28(22-13-19(3)12-20(4)14-22)39-30(42)26-16-25(8-5-21(26)6-10-29(40)41)43-17-23-15-24(31(33,34)35)7-9-27(23)32(36,37)38/h5,7-9,12-16,18,28H,6,10-11,17H2,1-4H3,(H,39,42)(H,40,41). The third-order valence-corrected chi connectivity index (χ3v) is 6.73. The van der Waals surface area contributed by atoms with E-state index in [1.165, 1.54) is 18.2 Å². The van der Waals surface area contributed by atoms with Crippen molar-refractivity contribution in [1.82, 2.24) is 5.32 Å². The summed E-state index contributed by atoms with van der Waals surface area (Å²) in [6, 6.07) is 10.6. The number of alkyl halides is 6. The molecule has 3 aromatic rings. The second-order valence-electron chi connectivity index (χ2n) is 10.9. The summed E-state index contributed by atoms with van der Waals surface area (Å²) in [5, 5.41) is 12.2. The van der Waals surface area contributed by atoms with Crippen molar-refractivity contribution in [3.63, 3.8) is 0 Å². The van der Waals surface area contributed by atoms with E-state index in [9.17, 15) is 41.0 Å². The van der Waals surface area contributed by atoms with E-state index in [1.807, 2.05) is 45.9 Å². The highest BCUT2D eigenvalue weighted by Gasteiger charge is 2.37. The highest BCUT2D eigenvalue weighted by atomic mass is 19.4. The topological polar surface area (TPSA) is 75.6 Å². The van der Waals surface area contributed by atoms with Crippen LogP contribution in [0.25, 0.3) is 0 Å². The number of rotatable bonds is 11. The van der Waals surface area contributed by atoms with Gasteiger partial charge in [0.15, 0.2) is 0 Å². The van der Waals surface area contributed by atoms with Crippen LogP contribution in [0.15, 0.2) is 54.6 Å². The average molecular weight is 610 g/mol. The van der Waals surface area contributed by atoms with Crippen molar-refractivity contribution in [3.05, 3.63) is 99.1 Å². The average Bonchev–Trinajstić information content (AvgIpc) is 2.88. The van der Waals surface area contributed by atoms with Crippen molar-refractivity contribution in [2.24, 2.45) is 5.92 Å². The molecule has 0 bridgehead atoms. The number of hydrogen-bond acceptors (Lipinski definition) is 3. The number of carboxylic acid groups (broad SMARTS) is 1. The fourth-order valence-electron chi connectivity index (χ4n) is 4.84. The molecule has 0 radical (unpaired) electrons. The number of aliphatic carboxylic acids is 1. The second kappa shape index (κ2) is 13.5. The summed E-state index contributed by atoms with van der Waals surface area (Å²) in [5.74, 6) is -1.52. The fraction of sp³-hybridized carbons (Fsp3) is 0.375. The van der Waals surface area contributed by atoms with E-state index < -0.39 is 53.6 Å². The summed E-state index contributed by atoms with van der Waals surface area (Å²) < 4.78 is 85.8. The molecule has 0 fully saturated rings. The molecule has 0 saturated heterocycles. The Morgan fingerprint density at radius 3 is 2.07 bits per heavy atom. The summed E-state index contributed by atoms with van der Waals surface area (Å²) in [4.78, 5) is 24.9. The molecule has 232 valence electrons. The van der Waals surface area contributed by atoms with Crippen LogP contribution >= 0.6 is 0 Å². The Morgan fingerprint density at radius 1 is 0.860 bits per heavy atom. The van der Waals surface area contributed by atoms with Crippen molar-refractivity contribution in [3.8, 4) is 5.75 Å². The van der Waals surface area contributed by atoms with E-state index in [0.717, 1.165) is 16.7 Å². The molecule has 0 saturated carbocycles. The zero-order valence-corrected chi connectivity index (χ0v) is 24.1. The molecular formula is C32H33F6NO4. The molecule has 1 amide bonds. The van der Waals surface area contributed by atoms with Crippen molar-refractivity contribution < 1.29 is 45.8 Å². The number of halogens is 6. The monoisotopic (exact) mass is 609 g/mol. The maximum absolute atomic E-state index is 13.6. The lowest BCUT2D eigenvalue weighted by Crippen LogP contribution is -2.30. The number of hydrogen-bond donors (Lipinski definition) is 2. The molecule has 0 aliphatic carbocycles. The highest BCUT2D eigenvalue weighted by molar-refractivity contribution is 5.96. The minimum absolute atomic E-state index is 0.0113. The Balaban J connectivity index is 1.97. The van der Waals surface area contributed by atoms with Crippen LogP contribution in [0.2, 0.25) is 0 Å². The number of carboxylic acids is 1. The van der Waals surface area contributed by atoms with Gasteiger partial charge in [0.25, 0.3) is 5.91 Å². The van der Waals surface area contributed by atoms with Gasteiger partial charge in [-0.1, -0.05) is 49.2 Å². The van der Waals surface area contributed by atoms with Crippen LogP contribution in [0.4, 0.5) is 26.3 Å². The number of carbonyl (C=O) groups is 2. The van der Waals surface area contributed by atoms with Crippen LogP contribution in [0.1, 0.15) is 82.0 Å². The van der Waals surface area contributed by atoms with E-state index in [-0.39, 0.29) is 30.1 Å². The van der Waals surface area contributed by atoms with Gasteiger partial charge in [-0.15, -0.1) is 0 Å². The van der Waals surface area contributed by atoms with Gasteiger partial charge in [-0.3, -0.25) is 9.59 Å². The van der Waals surface area contributed by atoms with Gasteiger partial charge >= 0.3 is 18.3 Å². The number of aryl methyl sites for hydroxylation is 3. The molecule has 0 spiro atoms. The Labute approximate surface area is 245 Å². The first-order valence-electron chi connectivity index (χ1n) is 13.6. The Hall–Kier alpha value is -4.02. The minimum atomic E-state index is -4.92. The number of amides is 1. The fourth-order valence-corrected chi connectivity index (χ4v) is 4.84. The highest BCUT2D eigenvalue weighted by Crippen LogP contribution is 2.37. The zero-order chi connectivity index (χ0) is 32.1. The molecule has 3 aromatic carbocycles. The smallest absolute Gasteiger partial charge is 0.416 e. The van der Waals surface area contributed by atoms with Crippen LogP contribution in [0.5, 0.6) is 5.75 Å². The summed E-state index contributed by atoms with van der Waals surface area (Å²) in [7, 11) is 0. The lowest BCUT2D eigenvalue weighted by molar-refractivity contribution is -0.142. The molecule has 3 rings (SSSR count). The maximum atomic E-state index is 13.6. The van der Waals surface area contributed by atoms with Crippen LogP contribution in [0.3, 0.4) is 0 Å². The molecule has 0 aromatic heterocycles. The Bertz CT molecular complexity index is 1440. The summed E-state index contributed by atoms with van der Waals surface area (Å²) in [5.41, 5.74) is 0.0420. The maximum Gasteiger partial charge on any atom is 0.416 e. The molecule has 43 heavy (non-hydrogen) atoms. The molecule has 5 nitrogen and oxygen atoms in total. The molecule has 1 unspecified atom stereocenters. The lowest BCUT2D eigenvalue weighted by Gasteiger charge is -2.23. The zero-order valence-electron chi connectivity index (χ0n) is 24.1. The van der Waals surface area contributed by atoms with Crippen molar-refractivity contribution in [1.29, 1.82) is 0 Å². The Kier molecular flexibility index (Phi) is 10.5. The van der Waals surface area contributed by atoms with E-state index in [4.69, 9.17) is 4.74 Å². The lowest BCUT2D eigenvalue weighted by atomic mass is 9.93. The van der Waals surface area contributed by atoms with Gasteiger partial charge in [0, 0.05) is 17.5 Å². The van der Waals surface area contributed by atoms with Gasteiger partial charge in [-0.2, -0.15) is 26.3 Å². The molecular weight excluding hydrogens is 576 g/mol. The minimum Gasteiger partial charge on any atom is -0.489 e. The third-order valence-electron chi connectivity index (χ3n) is 6.73. The molecule has 2 N–H and O–H groups in total. The van der Waals surface area contributed by atoms with Gasteiger partial charge in [0.1, 0.15) is 12.4 Å². The predicted octanol–water partition coefficient (Wildman–Crippen LogP) is 8.45. The molecule has 0 heterocycles. The van der Waals surface area contributed by atoms with Crippen LogP contribution in [0, 0.1) is 19.8 Å². The first kappa shape index (κ1) is 33.5. The van der Waals surface area contributed by atoms with Crippen molar-refractivity contribution >= 4 is 11.9 Å². The third kappa shape index (κ3) is 9.49.